The van der Waals surface area contributed by atoms with Crippen LogP contribution in [0, 0.1) is 0 Å². The fraction of sp³-hybridized carbons (Fsp3) is 0.776. The molecular weight excluding hydrogens is 901 g/mol. The fourth-order valence-corrected chi connectivity index (χ4v) is 8.89. The first-order valence-electron chi connectivity index (χ1n) is 31.4. The maximum absolute atomic E-state index is 12.9. The highest BCUT2D eigenvalue weighted by Crippen LogP contribution is 2.16. The maximum Gasteiger partial charge on any atom is 0.306 e. The van der Waals surface area contributed by atoms with Gasteiger partial charge in [0.05, 0.1) is 0 Å². The van der Waals surface area contributed by atoms with Crippen LogP contribution in [0.3, 0.4) is 0 Å². The van der Waals surface area contributed by atoms with Gasteiger partial charge in [0.1, 0.15) is 13.2 Å². The second-order valence-electron chi connectivity index (χ2n) is 21.0. The number of ether oxygens (including phenoxy) is 3. The van der Waals surface area contributed by atoms with Gasteiger partial charge in [0.15, 0.2) is 6.10 Å². The summed E-state index contributed by atoms with van der Waals surface area (Å²) in [6.07, 6.45) is 78.9. The van der Waals surface area contributed by atoms with Crippen molar-refractivity contribution in [2.45, 2.75) is 322 Å². The third kappa shape index (κ3) is 59.6. The van der Waals surface area contributed by atoms with Crippen molar-refractivity contribution in [2.24, 2.45) is 0 Å². The van der Waals surface area contributed by atoms with Crippen LogP contribution in [0.5, 0.6) is 0 Å². The van der Waals surface area contributed by atoms with Crippen molar-refractivity contribution in [1.82, 2.24) is 0 Å². The van der Waals surface area contributed by atoms with Crippen molar-refractivity contribution in [3.05, 3.63) is 72.9 Å². The van der Waals surface area contributed by atoms with Gasteiger partial charge in [-0.3, -0.25) is 14.4 Å². The summed E-state index contributed by atoms with van der Waals surface area (Å²) in [7, 11) is 0. The van der Waals surface area contributed by atoms with Crippen molar-refractivity contribution in [3.8, 4) is 0 Å². The van der Waals surface area contributed by atoms with Crippen molar-refractivity contribution in [1.29, 1.82) is 0 Å². The molecule has 0 heterocycles. The number of allylic oxidation sites excluding steroid dienone is 12. The topological polar surface area (TPSA) is 78.9 Å². The molecule has 0 aromatic heterocycles. The molecule has 1 atom stereocenters. The molecule has 0 aliphatic carbocycles. The maximum atomic E-state index is 12.9. The van der Waals surface area contributed by atoms with E-state index in [1.165, 1.54) is 173 Å². The molecule has 0 saturated carbocycles. The summed E-state index contributed by atoms with van der Waals surface area (Å²) in [6.45, 7) is 6.59. The van der Waals surface area contributed by atoms with E-state index in [4.69, 9.17) is 14.2 Å². The molecule has 0 radical (unpaired) electrons. The largest absolute Gasteiger partial charge is 0.462 e. The number of esters is 3. The smallest absolute Gasteiger partial charge is 0.306 e. The Morgan fingerprint density at radius 3 is 0.808 bits per heavy atom. The highest BCUT2D eigenvalue weighted by molar-refractivity contribution is 5.71. The van der Waals surface area contributed by atoms with Crippen molar-refractivity contribution in [3.63, 3.8) is 0 Å². The van der Waals surface area contributed by atoms with Crippen LogP contribution in [0.2, 0.25) is 0 Å². The van der Waals surface area contributed by atoms with E-state index >= 15 is 0 Å². The van der Waals surface area contributed by atoms with Crippen LogP contribution >= 0.6 is 0 Å². The van der Waals surface area contributed by atoms with Crippen LogP contribution in [0.15, 0.2) is 72.9 Å². The molecular formula is C67H118O6. The Morgan fingerprint density at radius 2 is 0.493 bits per heavy atom. The Morgan fingerprint density at radius 1 is 0.274 bits per heavy atom. The van der Waals surface area contributed by atoms with E-state index in [0.717, 1.165) is 103 Å². The SMILES string of the molecule is CCCCC/C=C\C/C=C\C/C=C\CCCCCCCCC(=O)OC(COC(=O)CCCCCCC/C=C\C/C=C\CCCCC)COC(=O)CCCCCCCCCCC/C=C\CCCCCCCCCC. The van der Waals surface area contributed by atoms with Gasteiger partial charge in [-0.25, -0.2) is 0 Å². The van der Waals surface area contributed by atoms with Gasteiger partial charge in [-0.05, 0) is 116 Å². The molecule has 0 aromatic rings. The van der Waals surface area contributed by atoms with E-state index in [1.807, 2.05) is 0 Å². The molecule has 0 fully saturated rings. The molecule has 6 nitrogen and oxygen atoms in total. The molecule has 73 heavy (non-hydrogen) atoms. The molecule has 0 aromatic carbocycles. The van der Waals surface area contributed by atoms with Crippen LogP contribution in [0.1, 0.15) is 316 Å². The number of hydrogen-bond acceptors (Lipinski definition) is 6. The van der Waals surface area contributed by atoms with Gasteiger partial charge in [-0.2, -0.15) is 0 Å². The Hall–Kier alpha value is -3.15. The molecule has 0 rings (SSSR count). The molecule has 422 valence electrons. The summed E-state index contributed by atoms with van der Waals surface area (Å²) in [5.74, 6) is -0.902. The highest BCUT2D eigenvalue weighted by atomic mass is 16.6. The lowest BCUT2D eigenvalue weighted by Crippen LogP contribution is -2.30. The average molecular weight is 1020 g/mol. The number of hydrogen-bond donors (Lipinski definition) is 0. The van der Waals surface area contributed by atoms with E-state index in [-0.39, 0.29) is 31.1 Å². The predicted molar refractivity (Wildman–Crippen MR) is 316 cm³/mol. The summed E-state index contributed by atoms with van der Waals surface area (Å²) in [5.41, 5.74) is 0. The molecule has 6 heteroatoms. The standard InChI is InChI=1S/C67H118O6/c1-4-7-10-13-16-19-22-25-28-30-32-33-35-36-39-42-45-48-51-54-57-60-66(69)72-63-64(62-71-65(68)59-56-53-50-47-44-41-38-27-24-21-18-15-12-9-6-3)73-67(70)61-58-55-52-49-46-43-40-37-34-31-29-26-23-20-17-14-11-8-5-2/h17-18,20-21,26-27,29-30,32,34,37-38,64H,4-16,19,22-25,28,31,33,35-36,39-63H2,1-3H3/b20-17-,21-18-,29-26-,32-30-,37-34-,38-27-. The lowest BCUT2D eigenvalue weighted by Gasteiger charge is -2.18. The zero-order chi connectivity index (χ0) is 52.9. The van der Waals surface area contributed by atoms with E-state index < -0.39 is 6.10 Å². The van der Waals surface area contributed by atoms with E-state index in [9.17, 15) is 14.4 Å². The summed E-state index contributed by atoms with van der Waals surface area (Å²) < 4.78 is 16.9. The molecule has 0 aliphatic heterocycles. The molecule has 0 spiro atoms. The predicted octanol–water partition coefficient (Wildman–Crippen LogP) is 21.3. The van der Waals surface area contributed by atoms with Crippen LogP contribution in [-0.4, -0.2) is 37.2 Å². The highest BCUT2D eigenvalue weighted by Gasteiger charge is 2.19. The Labute approximate surface area is 453 Å². The van der Waals surface area contributed by atoms with E-state index in [2.05, 4.69) is 93.7 Å². The van der Waals surface area contributed by atoms with Gasteiger partial charge >= 0.3 is 17.9 Å². The minimum absolute atomic E-state index is 0.0855. The Kier molecular flexibility index (Phi) is 58.7. The summed E-state index contributed by atoms with van der Waals surface area (Å²) in [4.78, 5) is 38.3. The van der Waals surface area contributed by atoms with Crippen molar-refractivity contribution < 1.29 is 28.6 Å². The lowest BCUT2D eigenvalue weighted by molar-refractivity contribution is -0.167. The number of carbonyl (C=O) groups excluding carboxylic acids is 3. The van der Waals surface area contributed by atoms with Crippen LogP contribution < -0.4 is 0 Å². The van der Waals surface area contributed by atoms with Crippen LogP contribution in [0.25, 0.3) is 0 Å². The van der Waals surface area contributed by atoms with Crippen molar-refractivity contribution in [2.75, 3.05) is 13.2 Å². The van der Waals surface area contributed by atoms with Gasteiger partial charge < -0.3 is 14.2 Å². The minimum atomic E-state index is -0.790. The number of unbranched alkanes of at least 4 members (excludes halogenated alkanes) is 34. The number of rotatable bonds is 57. The molecule has 0 bridgehead atoms. The Bertz CT molecular complexity index is 1360. The molecule has 0 amide bonds. The first kappa shape index (κ1) is 69.8. The quantitative estimate of drug-likeness (QED) is 0.0261. The molecule has 0 aliphatic rings. The minimum Gasteiger partial charge on any atom is -0.462 e. The summed E-state index contributed by atoms with van der Waals surface area (Å²) in [5, 5.41) is 0. The first-order valence-corrected chi connectivity index (χ1v) is 31.4. The van der Waals surface area contributed by atoms with E-state index in [1.54, 1.807) is 0 Å². The van der Waals surface area contributed by atoms with E-state index in [0.29, 0.717) is 19.3 Å². The summed E-state index contributed by atoms with van der Waals surface area (Å²) >= 11 is 0. The zero-order valence-electron chi connectivity index (χ0n) is 48.4. The first-order chi connectivity index (χ1) is 36.0. The third-order valence-corrected chi connectivity index (χ3v) is 13.7. The van der Waals surface area contributed by atoms with Crippen molar-refractivity contribution >= 4 is 17.9 Å². The second-order valence-corrected chi connectivity index (χ2v) is 21.0. The molecule has 0 N–H and O–H groups in total. The monoisotopic (exact) mass is 1020 g/mol. The van der Waals surface area contributed by atoms with Gasteiger partial charge in [0.25, 0.3) is 0 Å². The fourth-order valence-electron chi connectivity index (χ4n) is 8.89. The van der Waals surface area contributed by atoms with Gasteiger partial charge in [0.2, 0.25) is 0 Å². The van der Waals surface area contributed by atoms with Gasteiger partial charge in [-0.1, -0.05) is 254 Å². The van der Waals surface area contributed by atoms with Gasteiger partial charge in [0, 0.05) is 19.3 Å². The van der Waals surface area contributed by atoms with Gasteiger partial charge in [-0.15, -0.1) is 0 Å². The van der Waals surface area contributed by atoms with Crippen LogP contribution in [-0.2, 0) is 28.6 Å². The number of carbonyl (C=O) groups is 3. The average Bonchev–Trinajstić information content (AvgIpc) is 3.39. The molecule has 1 unspecified atom stereocenters. The van der Waals surface area contributed by atoms with Crippen LogP contribution in [0.4, 0.5) is 0 Å². The Balaban J connectivity index is 4.39. The summed E-state index contributed by atoms with van der Waals surface area (Å²) in [6, 6.07) is 0. The normalized spacial score (nSPS) is 12.5. The second kappa shape index (κ2) is 61.4. The zero-order valence-corrected chi connectivity index (χ0v) is 48.4. The third-order valence-electron chi connectivity index (χ3n) is 13.7. The molecule has 0 saturated heterocycles. The lowest BCUT2D eigenvalue weighted by atomic mass is 10.1.